The van der Waals surface area contributed by atoms with Gasteiger partial charge in [-0.05, 0) is 35.4 Å². The first kappa shape index (κ1) is 15.6. The summed E-state index contributed by atoms with van der Waals surface area (Å²) in [5.41, 5.74) is 1.32. The quantitative estimate of drug-likeness (QED) is 0.913. The molecular formula is C16H16ClFO3. The SMILES string of the molecule is COc1ccc(CC(O)c2ccc(OC)c(Cl)c2)cc1F. The van der Waals surface area contributed by atoms with E-state index in [0.717, 1.165) is 0 Å². The van der Waals surface area contributed by atoms with Crippen molar-refractivity contribution in [3.63, 3.8) is 0 Å². The first-order chi connectivity index (χ1) is 10.0. The van der Waals surface area contributed by atoms with E-state index in [4.69, 9.17) is 21.1 Å². The van der Waals surface area contributed by atoms with Crippen LogP contribution in [0.4, 0.5) is 4.39 Å². The highest BCUT2D eigenvalue weighted by atomic mass is 35.5. The molecule has 5 heteroatoms. The number of rotatable bonds is 5. The number of hydrogen-bond donors (Lipinski definition) is 1. The maximum absolute atomic E-state index is 13.6. The Balaban J connectivity index is 2.15. The van der Waals surface area contributed by atoms with E-state index in [1.807, 2.05) is 0 Å². The Morgan fingerprint density at radius 1 is 1.10 bits per heavy atom. The molecule has 0 bridgehead atoms. The van der Waals surface area contributed by atoms with Crippen LogP contribution in [-0.4, -0.2) is 19.3 Å². The van der Waals surface area contributed by atoms with Crippen LogP contribution in [0, 0.1) is 5.82 Å². The molecule has 0 heterocycles. The van der Waals surface area contributed by atoms with Crippen molar-refractivity contribution < 1.29 is 19.0 Å². The van der Waals surface area contributed by atoms with Crippen LogP contribution in [0.2, 0.25) is 5.02 Å². The van der Waals surface area contributed by atoms with Gasteiger partial charge in [-0.1, -0.05) is 23.7 Å². The molecule has 2 aromatic rings. The molecule has 1 N–H and O–H groups in total. The van der Waals surface area contributed by atoms with Crippen molar-refractivity contribution >= 4 is 11.6 Å². The van der Waals surface area contributed by atoms with E-state index in [-0.39, 0.29) is 12.2 Å². The second-order valence-corrected chi connectivity index (χ2v) is 4.99. The van der Waals surface area contributed by atoms with E-state index in [1.165, 1.54) is 20.3 Å². The average molecular weight is 311 g/mol. The van der Waals surface area contributed by atoms with Gasteiger partial charge in [0.05, 0.1) is 25.3 Å². The van der Waals surface area contributed by atoms with Gasteiger partial charge in [0, 0.05) is 6.42 Å². The molecule has 3 nitrogen and oxygen atoms in total. The number of ether oxygens (including phenoxy) is 2. The molecule has 0 aliphatic rings. The molecule has 0 radical (unpaired) electrons. The van der Waals surface area contributed by atoms with E-state index in [0.29, 0.717) is 21.9 Å². The van der Waals surface area contributed by atoms with Crippen molar-refractivity contribution in [2.24, 2.45) is 0 Å². The summed E-state index contributed by atoms with van der Waals surface area (Å²) in [7, 11) is 2.93. The number of aliphatic hydroxyl groups excluding tert-OH is 1. The van der Waals surface area contributed by atoms with Crippen LogP contribution in [-0.2, 0) is 6.42 Å². The molecule has 2 rings (SSSR count). The normalized spacial score (nSPS) is 12.0. The van der Waals surface area contributed by atoms with Crippen molar-refractivity contribution in [2.75, 3.05) is 14.2 Å². The lowest BCUT2D eigenvalue weighted by atomic mass is 10.0. The third-order valence-electron chi connectivity index (χ3n) is 3.21. The Bertz CT molecular complexity index is 631. The second-order valence-electron chi connectivity index (χ2n) is 4.58. The summed E-state index contributed by atoms with van der Waals surface area (Å²) in [6, 6.07) is 9.68. The minimum absolute atomic E-state index is 0.181. The van der Waals surface area contributed by atoms with Gasteiger partial charge in [0.15, 0.2) is 11.6 Å². The maximum Gasteiger partial charge on any atom is 0.165 e. The second kappa shape index (κ2) is 6.78. The first-order valence-electron chi connectivity index (χ1n) is 6.39. The molecule has 0 aliphatic heterocycles. The van der Waals surface area contributed by atoms with Crippen molar-refractivity contribution in [2.45, 2.75) is 12.5 Å². The fourth-order valence-corrected chi connectivity index (χ4v) is 2.33. The van der Waals surface area contributed by atoms with E-state index < -0.39 is 11.9 Å². The van der Waals surface area contributed by atoms with Crippen LogP contribution in [0.3, 0.4) is 0 Å². The fraction of sp³-hybridized carbons (Fsp3) is 0.250. The van der Waals surface area contributed by atoms with Gasteiger partial charge in [0.25, 0.3) is 0 Å². The molecular weight excluding hydrogens is 295 g/mol. The van der Waals surface area contributed by atoms with E-state index in [1.54, 1.807) is 30.3 Å². The minimum atomic E-state index is -0.777. The highest BCUT2D eigenvalue weighted by Gasteiger charge is 2.13. The van der Waals surface area contributed by atoms with Crippen LogP contribution in [0.5, 0.6) is 11.5 Å². The van der Waals surface area contributed by atoms with Gasteiger partial charge in [-0.3, -0.25) is 0 Å². The molecule has 0 fully saturated rings. The third kappa shape index (κ3) is 3.65. The van der Waals surface area contributed by atoms with Gasteiger partial charge in [0.2, 0.25) is 0 Å². The fourth-order valence-electron chi connectivity index (χ4n) is 2.07. The van der Waals surface area contributed by atoms with Crippen LogP contribution in [0.1, 0.15) is 17.2 Å². The van der Waals surface area contributed by atoms with Gasteiger partial charge < -0.3 is 14.6 Å². The number of hydrogen-bond acceptors (Lipinski definition) is 3. The first-order valence-corrected chi connectivity index (χ1v) is 6.77. The van der Waals surface area contributed by atoms with Crippen LogP contribution < -0.4 is 9.47 Å². The highest BCUT2D eigenvalue weighted by molar-refractivity contribution is 6.32. The van der Waals surface area contributed by atoms with E-state index in [2.05, 4.69) is 0 Å². The van der Waals surface area contributed by atoms with Gasteiger partial charge >= 0.3 is 0 Å². The molecule has 0 saturated heterocycles. The molecule has 0 aromatic heterocycles. The average Bonchev–Trinajstić information content (AvgIpc) is 2.47. The number of benzene rings is 2. The topological polar surface area (TPSA) is 38.7 Å². The molecule has 1 unspecified atom stereocenters. The molecule has 21 heavy (non-hydrogen) atoms. The number of methoxy groups -OCH3 is 2. The van der Waals surface area contributed by atoms with Gasteiger partial charge in [-0.2, -0.15) is 0 Å². The van der Waals surface area contributed by atoms with Gasteiger partial charge in [-0.15, -0.1) is 0 Å². The summed E-state index contributed by atoms with van der Waals surface area (Å²) in [6.07, 6.45) is -0.495. The third-order valence-corrected chi connectivity index (χ3v) is 3.50. The van der Waals surface area contributed by atoms with Crippen LogP contribution >= 0.6 is 11.6 Å². The molecule has 0 aliphatic carbocycles. The van der Waals surface area contributed by atoms with Crippen molar-refractivity contribution in [1.82, 2.24) is 0 Å². The summed E-state index contributed by atoms with van der Waals surface area (Å²) in [6.45, 7) is 0. The highest BCUT2D eigenvalue weighted by Crippen LogP contribution is 2.29. The Morgan fingerprint density at radius 3 is 2.33 bits per heavy atom. The lowest BCUT2D eigenvalue weighted by Gasteiger charge is -2.13. The maximum atomic E-state index is 13.6. The van der Waals surface area contributed by atoms with Crippen molar-refractivity contribution in [3.05, 3.63) is 58.4 Å². The predicted molar refractivity (Wildman–Crippen MR) is 79.6 cm³/mol. The minimum Gasteiger partial charge on any atom is -0.495 e. The molecule has 0 spiro atoms. The number of aliphatic hydroxyl groups is 1. The van der Waals surface area contributed by atoms with Crippen LogP contribution in [0.15, 0.2) is 36.4 Å². The van der Waals surface area contributed by atoms with Crippen molar-refractivity contribution in [3.8, 4) is 11.5 Å². The molecule has 2 aromatic carbocycles. The molecule has 1 atom stereocenters. The summed E-state index contributed by atoms with van der Waals surface area (Å²) in [5.74, 6) is 0.277. The largest absolute Gasteiger partial charge is 0.495 e. The summed E-state index contributed by atoms with van der Waals surface area (Å²) in [5, 5.41) is 10.7. The van der Waals surface area contributed by atoms with Crippen LogP contribution in [0.25, 0.3) is 0 Å². The Morgan fingerprint density at radius 2 is 1.76 bits per heavy atom. The lowest BCUT2D eigenvalue weighted by Crippen LogP contribution is -2.03. The number of halogens is 2. The molecule has 112 valence electrons. The summed E-state index contributed by atoms with van der Waals surface area (Å²) >= 11 is 6.03. The summed E-state index contributed by atoms with van der Waals surface area (Å²) < 4.78 is 23.5. The zero-order chi connectivity index (χ0) is 15.4. The Kier molecular flexibility index (Phi) is 5.04. The zero-order valence-electron chi connectivity index (χ0n) is 11.8. The standard InChI is InChI=1S/C16H16ClFO3/c1-20-15-6-4-11(9-12(15)17)14(19)8-10-3-5-16(21-2)13(18)7-10/h3-7,9,14,19H,8H2,1-2H3. The van der Waals surface area contributed by atoms with E-state index >= 15 is 0 Å². The smallest absolute Gasteiger partial charge is 0.165 e. The van der Waals surface area contributed by atoms with Crippen molar-refractivity contribution in [1.29, 1.82) is 0 Å². The Hall–Kier alpha value is -1.78. The van der Waals surface area contributed by atoms with Gasteiger partial charge in [-0.25, -0.2) is 4.39 Å². The zero-order valence-corrected chi connectivity index (χ0v) is 12.5. The monoisotopic (exact) mass is 310 g/mol. The predicted octanol–water partition coefficient (Wildman–Crippen LogP) is 3.77. The molecule has 0 amide bonds. The van der Waals surface area contributed by atoms with E-state index in [9.17, 15) is 9.50 Å². The lowest BCUT2D eigenvalue weighted by molar-refractivity contribution is 0.178. The summed E-state index contributed by atoms with van der Waals surface area (Å²) in [4.78, 5) is 0. The molecule has 0 saturated carbocycles. The Labute approximate surface area is 127 Å². The van der Waals surface area contributed by atoms with Gasteiger partial charge in [0.1, 0.15) is 5.75 Å².